The number of carbonyl (C=O) groups is 3. The van der Waals surface area contributed by atoms with Gasteiger partial charge in [-0.05, 0) is 59.9 Å². The third-order valence-corrected chi connectivity index (χ3v) is 6.20. The number of imide groups is 1. The van der Waals surface area contributed by atoms with E-state index in [2.05, 4.69) is 17.3 Å². The first-order valence-electron chi connectivity index (χ1n) is 9.09. The minimum atomic E-state index is -1.05. The zero-order valence-electron chi connectivity index (χ0n) is 14.4. The predicted molar refractivity (Wildman–Crippen MR) is 93.7 cm³/mol. The zero-order valence-corrected chi connectivity index (χ0v) is 14.4. The van der Waals surface area contributed by atoms with Crippen molar-refractivity contribution in [2.24, 2.45) is 40.6 Å². The zero-order chi connectivity index (χ0) is 18.7. The van der Waals surface area contributed by atoms with E-state index in [-0.39, 0.29) is 35.5 Å². The first-order valence-corrected chi connectivity index (χ1v) is 9.09. The number of rotatable bonds is 5. The highest BCUT2D eigenvalue weighted by molar-refractivity contribution is 6.06. The molecule has 1 saturated heterocycles. The van der Waals surface area contributed by atoms with Crippen molar-refractivity contribution in [2.75, 3.05) is 6.61 Å². The minimum Gasteiger partial charge on any atom is -0.482 e. The summed E-state index contributed by atoms with van der Waals surface area (Å²) in [6, 6.07) is 6.63. The summed E-state index contributed by atoms with van der Waals surface area (Å²) in [5.41, 5.74) is 0.692. The lowest BCUT2D eigenvalue weighted by molar-refractivity contribution is -0.141. The second-order valence-corrected chi connectivity index (χ2v) is 7.64. The fraction of sp³-hybridized carbons (Fsp3) is 0.400. The van der Waals surface area contributed by atoms with Gasteiger partial charge in [-0.2, -0.15) is 10.1 Å². The van der Waals surface area contributed by atoms with Gasteiger partial charge in [0.25, 0.3) is 11.8 Å². The van der Waals surface area contributed by atoms with Gasteiger partial charge in [-0.3, -0.25) is 9.59 Å². The van der Waals surface area contributed by atoms with Gasteiger partial charge in [-0.1, -0.05) is 12.2 Å². The van der Waals surface area contributed by atoms with E-state index < -0.39 is 12.6 Å². The SMILES string of the molecule is O=C(O)COc1ccc(/C=N\N2C(=O)[C@@H]3[C@@H]4C=C[C@H]([C@@H]5C[C@H]45)[C@H]3C2=O)cc1. The Morgan fingerprint density at radius 1 is 1.11 bits per heavy atom. The van der Waals surface area contributed by atoms with Crippen LogP contribution in [0.1, 0.15) is 12.0 Å². The number of nitrogens with zero attached hydrogens (tertiary/aromatic N) is 2. The molecule has 0 spiro atoms. The van der Waals surface area contributed by atoms with Gasteiger partial charge in [0.1, 0.15) is 5.75 Å². The van der Waals surface area contributed by atoms with Crippen LogP contribution in [0.2, 0.25) is 0 Å². The number of allylic oxidation sites excluding steroid dienone is 2. The topological polar surface area (TPSA) is 96.3 Å². The number of benzene rings is 1. The van der Waals surface area contributed by atoms with Crippen molar-refractivity contribution < 1.29 is 24.2 Å². The lowest BCUT2D eigenvalue weighted by Gasteiger charge is -2.37. The molecule has 0 aromatic heterocycles. The van der Waals surface area contributed by atoms with Gasteiger partial charge in [-0.15, -0.1) is 0 Å². The maximum absolute atomic E-state index is 12.8. The normalized spacial score (nSPS) is 35.5. The van der Waals surface area contributed by atoms with Gasteiger partial charge in [0.05, 0.1) is 18.1 Å². The van der Waals surface area contributed by atoms with Crippen molar-refractivity contribution in [3.8, 4) is 5.75 Å². The molecule has 138 valence electrons. The molecule has 7 nitrogen and oxygen atoms in total. The number of ether oxygens (including phenoxy) is 1. The Morgan fingerprint density at radius 2 is 1.70 bits per heavy atom. The first kappa shape index (κ1) is 16.2. The first-order chi connectivity index (χ1) is 13.0. The highest BCUT2D eigenvalue weighted by Gasteiger charge is 2.67. The fourth-order valence-corrected chi connectivity index (χ4v) is 4.97. The van der Waals surface area contributed by atoms with E-state index in [1.807, 2.05) is 0 Å². The van der Waals surface area contributed by atoms with Crippen molar-refractivity contribution in [3.63, 3.8) is 0 Å². The molecule has 27 heavy (non-hydrogen) atoms. The number of aliphatic carboxylic acids is 1. The summed E-state index contributed by atoms with van der Waals surface area (Å²) in [6.45, 7) is -0.411. The van der Waals surface area contributed by atoms with E-state index in [1.165, 1.54) is 6.21 Å². The van der Waals surface area contributed by atoms with Crippen LogP contribution in [0.25, 0.3) is 0 Å². The summed E-state index contributed by atoms with van der Waals surface area (Å²) >= 11 is 0. The molecule has 6 rings (SSSR count). The Kier molecular flexibility index (Phi) is 3.47. The highest BCUT2D eigenvalue weighted by Crippen LogP contribution is 2.65. The molecule has 2 amide bonds. The second-order valence-electron chi connectivity index (χ2n) is 7.64. The van der Waals surface area contributed by atoms with Crippen molar-refractivity contribution >= 4 is 24.0 Å². The van der Waals surface area contributed by atoms with E-state index in [0.717, 1.165) is 11.4 Å². The van der Waals surface area contributed by atoms with Gasteiger partial charge in [0.15, 0.2) is 6.61 Å². The van der Waals surface area contributed by atoms with Crippen molar-refractivity contribution in [2.45, 2.75) is 6.42 Å². The Bertz CT molecular complexity index is 854. The molecule has 2 bridgehead atoms. The van der Waals surface area contributed by atoms with Gasteiger partial charge in [0.2, 0.25) is 0 Å². The third-order valence-electron chi connectivity index (χ3n) is 6.20. The van der Waals surface area contributed by atoms with Crippen LogP contribution in [0.3, 0.4) is 0 Å². The number of amides is 2. The van der Waals surface area contributed by atoms with Crippen molar-refractivity contribution in [3.05, 3.63) is 42.0 Å². The molecule has 1 aromatic carbocycles. The van der Waals surface area contributed by atoms with E-state index in [1.54, 1.807) is 24.3 Å². The standard InChI is InChI=1S/C20H18N2O5/c23-16(24)9-27-11-3-1-10(2-4-11)8-21-22-19(25)17-12-5-6-13(15-7-14(12)15)18(17)20(22)26/h1-6,8,12-15,17-18H,7,9H2,(H,23,24)/b21-8-/t12-,13-,14-,15+,17-,18-/m1/s1. The average molecular weight is 366 g/mol. The molecule has 7 heteroatoms. The highest BCUT2D eigenvalue weighted by atomic mass is 16.5. The Balaban J connectivity index is 1.31. The van der Waals surface area contributed by atoms with E-state index in [9.17, 15) is 14.4 Å². The van der Waals surface area contributed by atoms with Crippen molar-refractivity contribution in [1.29, 1.82) is 0 Å². The Hall–Kier alpha value is -2.96. The van der Waals surface area contributed by atoms with Gasteiger partial charge in [-0.25, -0.2) is 4.79 Å². The molecule has 1 heterocycles. The summed E-state index contributed by atoms with van der Waals surface area (Å²) in [5.74, 6) is 0.0188. The van der Waals surface area contributed by atoms with Crippen LogP contribution in [-0.2, 0) is 14.4 Å². The molecule has 6 atom stereocenters. The number of carbonyl (C=O) groups excluding carboxylic acids is 2. The van der Waals surface area contributed by atoms with E-state index >= 15 is 0 Å². The summed E-state index contributed by atoms with van der Waals surface area (Å²) < 4.78 is 5.07. The van der Waals surface area contributed by atoms with Crippen LogP contribution in [0.5, 0.6) is 5.75 Å². The summed E-state index contributed by atoms with van der Waals surface area (Å²) in [5, 5.41) is 13.8. The lowest BCUT2D eigenvalue weighted by Crippen LogP contribution is -2.40. The molecule has 2 saturated carbocycles. The molecule has 5 aliphatic rings. The largest absolute Gasteiger partial charge is 0.482 e. The smallest absolute Gasteiger partial charge is 0.341 e. The van der Waals surface area contributed by atoms with E-state index in [4.69, 9.17) is 9.84 Å². The Morgan fingerprint density at radius 3 is 2.26 bits per heavy atom. The lowest BCUT2D eigenvalue weighted by atomic mass is 9.63. The molecule has 1 aromatic rings. The van der Waals surface area contributed by atoms with Crippen LogP contribution >= 0.6 is 0 Å². The van der Waals surface area contributed by atoms with E-state index in [0.29, 0.717) is 23.1 Å². The van der Waals surface area contributed by atoms with Crippen LogP contribution in [0.4, 0.5) is 0 Å². The minimum absolute atomic E-state index is 0.187. The van der Waals surface area contributed by atoms with Gasteiger partial charge < -0.3 is 9.84 Å². The van der Waals surface area contributed by atoms with Gasteiger partial charge >= 0.3 is 5.97 Å². The molecule has 0 unspecified atom stereocenters. The Labute approximate surface area is 155 Å². The van der Waals surface area contributed by atoms with Crippen LogP contribution < -0.4 is 4.74 Å². The summed E-state index contributed by atoms with van der Waals surface area (Å²) in [4.78, 5) is 36.1. The number of hydrogen-bond donors (Lipinski definition) is 1. The monoisotopic (exact) mass is 366 g/mol. The quantitative estimate of drug-likeness (QED) is 0.484. The number of carboxylic acid groups (broad SMARTS) is 1. The average Bonchev–Trinajstić information content (AvgIpc) is 3.45. The molecular weight excluding hydrogens is 348 g/mol. The van der Waals surface area contributed by atoms with Gasteiger partial charge in [0, 0.05) is 0 Å². The maximum Gasteiger partial charge on any atom is 0.341 e. The predicted octanol–water partition coefficient (Wildman–Crippen LogP) is 1.54. The summed E-state index contributed by atoms with van der Waals surface area (Å²) in [6.07, 6.45) is 6.88. The second kappa shape index (κ2) is 5.77. The van der Waals surface area contributed by atoms with Crippen LogP contribution in [-0.4, -0.2) is 40.7 Å². The van der Waals surface area contributed by atoms with Crippen molar-refractivity contribution in [1.82, 2.24) is 5.01 Å². The third kappa shape index (κ3) is 2.49. The number of hydrazone groups is 1. The number of hydrogen-bond acceptors (Lipinski definition) is 5. The van der Waals surface area contributed by atoms with Crippen LogP contribution in [0, 0.1) is 35.5 Å². The molecule has 4 aliphatic carbocycles. The summed E-state index contributed by atoms with van der Waals surface area (Å²) in [7, 11) is 0. The molecule has 3 fully saturated rings. The molecular formula is C20H18N2O5. The molecule has 0 radical (unpaired) electrons. The fourth-order valence-electron chi connectivity index (χ4n) is 4.97. The van der Waals surface area contributed by atoms with Crippen LogP contribution in [0.15, 0.2) is 41.5 Å². The maximum atomic E-state index is 12.8. The number of carboxylic acids is 1. The molecule has 1 N–H and O–H groups in total. The molecule has 1 aliphatic heterocycles.